The predicted octanol–water partition coefficient (Wildman–Crippen LogP) is 4.40. The summed E-state index contributed by atoms with van der Waals surface area (Å²) in [5.74, 6) is -1.40. The number of nitrogens with zero attached hydrogens (tertiary/aromatic N) is 2. The summed E-state index contributed by atoms with van der Waals surface area (Å²) >= 11 is 6.14. The molecule has 0 unspecified atom stereocenters. The molecule has 0 fully saturated rings. The van der Waals surface area contributed by atoms with E-state index in [0.29, 0.717) is 16.3 Å². The number of hydrogen-bond donors (Lipinski definition) is 2. The molecular formula is C16H11ClF2N4. The molecule has 0 radical (unpaired) electrons. The SMILES string of the molecule is Nc1c(Nc2c(F)cccc2F)ncnc1-c1ccccc1Cl. The molecule has 0 aliphatic rings. The quantitative estimate of drug-likeness (QED) is 0.746. The molecule has 0 saturated heterocycles. The van der Waals surface area contributed by atoms with Crippen LogP contribution in [0, 0.1) is 11.6 Å². The number of anilines is 3. The van der Waals surface area contributed by atoms with Gasteiger partial charge in [0, 0.05) is 5.56 Å². The van der Waals surface area contributed by atoms with Crippen molar-refractivity contribution in [1.29, 1.82) is 0 Å². The third kappa shape index (κ3) is 2.93. The van der Waals surface area contributed by atoms with Gasteiger partial charge in [-0.05, 0) is 18.2 Å². The number of benzene rings is 2. The molecule has 3 rings (SSSR count). The Bertz CT molecular complexity index is 850. The van der Waals surface area contributed by atoms with Gasteiger partial charge in [-0.25, -0.2) is 18.7 Å². The van der Waals surface area contributed by atoms with E-state index in [9.17, 15) is 8.78 Å². The van der Waals surface area contributed by atoms with Gasteiger partial charge in [-0.3, -0.25) is 0 Å². The fraction of sp³-hybridized carbons (Fsp3) is 0. The van der Waals surface area contributed by atoms with Gasteiger partial charge in [0.25, 0.3) is 0 Å². The van der Waals surface area contributed by atoms with Crippen LogP contribution in [-0.2, 0) is 0 Å². The first kappa shape index (κ1) is 15.2. The van der Waals surface area contributed by atoms with Crippen molar-refractivity contribution in [3.8, 4) is 11.3 Å². The van der Waals surface area contributed by atoms with Crippen LogP contribution in [-0.4, -0.2) is 9.97 Å². The second kappa shape index (κ2) is 6.18. The third-order valence-corrected chi connectivity index (χ3v) is 3.55. The molecule has 0 atom stereocenters. The highest BCUT2D eigenvalue weighted by molar-refractivity contribution is 6.33. The van der Waals surface area contributed by atoms with Crippen LogP contribution < -0.4 is 11.1 Å². The van der Waals surface area contributed by atoms with Gasteiger partial charge in [0.1, 0.15) is 35.0 Å². The molecule has 23 heavy (non-hydrogen) atoms. The number of nitrogens with one attached hydrogen (secondary N) is 1. The Morgan fingerprint density at radius 1 is 0.957 bits per heavy atom. The van der Waals surface area contributed by atoms with E-state index in [4.69, 9.17) is 17.3 Å². The smallest absolute Gasteiger partial charge is 0.157 e. The Labute approximate surface area is 136 Å². The second-order valence-electron chi connectivity index (χ2n) is 4.69. The topological polar surface area (TPSA) is 63.8 Å². The molecular weight excluding hydrogens is 322 g/mol. The largest absolute Gasteiger partial charge is 0.394 e. The summed E-state index contributed by atoms with van der Waals surface area (Å²) in [4.78, 5) is 8.06. The lowest BCUT2D eigenvalue weighted by molar-refractivity contribution is 0.590. The minimum absolute atomic E-state index is 0.0962. The lowest BCUT2D eigenvalue weighted by Crippen LogP contribution is -2.05. The zero-order valence-corrected chi connectivity index (χ0v) is 12.5. The standard InChI is InChI=1S/C16H11ClF2N4/c17-10-5-2-1-4-9(10)14-13(20)16(22-8-21-14)23-15-11(18)6-3-7-12(15)19/h1-8H,20H2,(H,21,22,23). The van der Waals surface area contributed by atoms with Crippen molar-refractivity contribution in [3.63, 3.8) is 0 Å². The number of nitrogens with two attached hydrogens (primary N) is 1. The first-order valence-corrected chi connectivity index (χ1v) is 7.02. The van der Waals surface area contributed by atoms with E-state index in [2.05, 4.69) is 15.3 Å². The van der Waals surface area contributed by atoms with Crippen molar-refractivity contribution >= 4 is 28.8 Å². The molecule has 3 N–H and O–H groups in total. The second-order valence-corrected chi connectivity index (χ2v) is 5.09. The van der Waals surface area contributed by atoms with Gasteiger partial charge in [-0.2, -0.15) is 0 Å². The molecule has 3 aromatic rings. The summed E-state index contributed by atoms with van der Waals surface area (Å²) in [7, 11) is 0. The van der Waals surface area contributed by atoms with Crippen molar-refractivity contribution in [2.75, 3.05) is 11.1 Å². The summed E-state index contributed by atoms with van der Waals surface area (Å²) < 4.78 is 27.5. The molecule has 4 nitrogen and oxygen atoms in total. The van der Waals surface area contributed by atoms with E-state index in [1.807, 2.05) is 0 Å². The van der Waals surface area contributed by atoms with Gasteiger partial charge >= 0.3 is 0 Å². The van der Waals surface area contributed by atoms with Gasteiger partial charge in [0.15, 0.2) is 5.82 Å². The Kier molecular flexibility index (Phi) is 4.08. The van der Waals surface area contributed by atoms with Crippen LogP contribution in [0.1, 0.15) is 0 Å². The predicted molar refractivity (Wildman–Crippen MR) is 86.5 cm³/mol. The van der Waals surface area contributed by atoms with Crippen LogP contribution >= 0.6 is 11.6 Å². The van der Waals surface area contributed by atoms with Crippen LogP contribution in [0.25, 0.3) is 11.3 Å². The van der Waals surface area contributed by atoms with Crippen molar-refractivity contribution in [2.24, 2.45) is 0 Å². The number of halogens is 3. The molecule has 1 heterocycles. The van der Waals surface area contributed by atoms with E-state index in [0.717, 1.165) is 12.1 Å². The van der Waals surface area contributed by atoms with Crippen LogP contribution in [0.4, 0.5) is 26.0 Å². The lowest BCUT2D eigenvalue weighted by atomic mass is 10.1. The maximum atomic E-state index is 13.7. The minimum atomic E-state index is -0.748. The van der Waals surface area contributed by atoms with Crippen molar-refractivity contribution < 1.29 is 8.78 Å². The van der Waals surface area contributed by atoms with Gasteiger partial charge < -0.3 is 11.1 Å². The normalized spacial score (nSPS) is 10.6. The van der Waals surface area contributed by atoms with Crippen molar-refractivity contribution in [1.82, 2.24) is 9.97 Å². The van der Waals surface area contributed by atoms with Gasteiger partial charge in [0.05, 0.1) is 5.02 Å². The van der Waals surface area contributed by atoms with E-state index >= 15 is 0 Å². The zero-order valence-electron chi connectivity index (χ0n) is 11.7. The number of para-hydroxylation sites is 1. The van der Waals surface area contributed by atoms with E-state index in [-0.39, 0.29) is 17.2 Å². The van der Waals surface area contributed by atoms with Gasteiger partial charge in [-0.1, -0.05) is 35.9 Å². The maximum absolute atomic E-state index is 13.7. The monoisotopic (exact) mass is 332 g/mol. The Balaban J connectivity index is 2.06. The number of aromatic nitrogens is 2. The van der Waals surface area contributed by atoms with Crippen molar-refractivity contribution in [2.45, 2.75) is 0 Å². The average Bonchev–Trinajstić information content (AvgIpc) is 2.53. The first-order chi connectivity index (χ1) is 11.1. The van der Waals surface area contributed by atoms with E-state index < -0.39 is 11.6 Å². The summed E-state index contributed by atoms with van der Waals surface area (Å²) in [6.45, 7) is 0. The van der Waals surface area contributed by atoms with E-state index in [1.165, 1.54) is 12.4 Å². The molecule has 116 valence electrons. The molecule has 0 saturated carbocycles. The minimum Gasteiger partial charge on any atom is -0.394 e. The van der Waals surface area contributed by atoms with Crippen LogP contribution in [0.3, 0.4) is 0 Å². The van der Waals surface area contributed by atoms with Gasteiger partial charge in [0.2, 0.25) is 0 Å². The van der Waals surface area contributed by atoms with E-state index in [1.54, 1.807) is 24.3 Å². The fourth-order valence-corrected chi connectivity index (χ4v) is 2.32. The number of rotatable bonds is 3. The summed E-state index contributed by atoms with van der Waals surface area (Å²) in [5.41, 5.74) is 6.83. The van der Waals surface area contributed by atoms with Crippen molar-refractivity contribution in [3.05, 3.63) is 65.4 Å². The first-order valence-electron chi connectivity index (χ1n) is 6.64. The molecule has 0 spiro atoms. The molecule has 0 aliphatic heterocycles. The van der Waals surface area contributed by atoms with Crippen LogP contribution in [0.5, 0.6) is 0 Å². The Hall–Kier alpha value is -2.73. The summed E-state index contributed by atoms with van der Waals surface area (Å²) in [6, 6.07) is 10.5. The zero-order chi connectivity index (χ0) is 16.4. The molecule has 2 aromatic carbocycles. The number of nitrogen functional groups attached to an aromatic ring is 1. The van der Waals surface area contributed by atoms with Crippen LogP contribution in [0.15, 0.2) is 48.8 Å². The fourth-order valence-electron chi connectivity index (χ4n) is 2.10. The average molecular weight is 333 g/mol. The van der Waals surface area contributed by atoms with Crippen LogP contribution in [0.2, 0.25) is 5.02 Å². The third-order valence-electron chi connectivity index (χ3n) is 3.22. The summed E-state index contributed by atoms with van der Waals surface area (Å²) in [6.07, 6.45) is 1.25. The molecule has 1 aromatic heterocycles. The van der Waals surface area contributed by atoms with Gasteiger partial charge in [-0.15, -0.1) is 0 Å². The Morgan fingerprint density at radius 3 is 2.35 bits per heavy atom. The number of hydrogen-bond acceptors (Lipinski definition) is 4. The highest BCUT2D eigenvalue weighted by Crippen LogP contribution is 2.34. The Morgan fingerprint density at radius 2 is 1.65 bits per heavy atom. The highest BCUT2D eigenvalue weighted by atomic mass is 35.5. The molecule has 0 bridgehead atoms. The molecule has 7 heteroatoms. The molecule has 0 amide bonds. The lowest BCUT2D eigenvalue weighted by Gasteiger charge is -2.13. The highest BCUT2D eigenvalue weighted by Gasteiger charge is 2.15. The summed E-state index contributed by atoms with van der Waals surface area (Å²) in [5, 5.41) is 3.03. The molecule has 0 aliphatic carbocycles. The maximum Gasteiger partial charge on any atom is 0.157 e.